The molecule has 1 atom stereocenters. The number of carbonyl (C=O) groups excluding carboxylic acids is 2. The van der Waals surface area contributed by atoms with Crippen molar-refractivity contribution >= 4 is 40.9 Å². The van der Waals surface area contributed by atoms with Crippen LogP contribution < -0.4 is 10.6 Å². The van der Waals surface area contributed by atoms with Crippen molar-refractivity contribution in [3.63, 3.8) is 0 Å². The molecule has 3 N–H and O–H groups in total. The molecule has 0 aliphatic rings. The van der Waals surface area contributed by atoms with Gasteiger partial charge in [-0.25, -0.2) is 0 Å². The highest BCUT2D eigenvalue weighted by Gasteiger charge is 2.15. The van der Waals surface area contributed by atoms with E-state index in [2.05, 4.69) is 24.5 Å². The molecule has 2 aromatic carbocycles. The molecule has 7 heteroatoms. The Morgan fingerprint density at radius 1 is 0.931 bits per heavy atom. The summed E-state index contributed by atoms with van der Waals surface area (Å²) in [5.74, 6) is -1.04. The smallest absolute Gasteiger partial charge is 0.303 e. The number of carbonyl (C=O) groups is 3. The molecule has 2 amide bonds. The molecular weight excluding hydrogens is 388 g/mol. The lowest BCUT2D eigenvalue weighted by molar-refractivity contribution is -0.138. The van der Waals surface area contributed by atoms with Crippen molar-refractivity contribution in [2.24, 2.45) is 0 Å². The number of thioether (sulfide) groups is 1. The van der Waals surface area contributed by atoms with Gasteiger partial charge in [0.15, 0.2) is 0 Å². The van der Waals surface area contributed by atoms with Crippen molar-refractivity contribution < 1.29 is 19.5 Å². The molecule has 0 aliphatic carbocycles. The Labute approximate surface area is 175 Å². The predicted molar refractivity (Wildman–Crippen MR) is 116 cm³/mol. The Morgan fingerprint density at radius 2 is 1.62 bits per heavy atom. The van der Waals surface area contributed by atoms with Crippen LogP contribution >= 0.6 is 11.8 Å². The zero-order chi connectivity index (χ0) is 21.4. The molecule has 0 fully saturated rings. The maximum absolute atomic E-state index is 12.5. The quantitative estimate of drug-likeness (QED) is 0.516. The van der Waals surface area contributed by atoms with Gasteiger partial charge in [-0.3, -0.25) is 14.4 Å². The molecule has 29 heavy (non-hydrogen) atoms. The van der Waals surface area contributed by atoms with E-state index in [4.69, 9.17) is 5.11 Å². The highest BCUT2D eigenvalue weighted by atomic mass is 32.2. The van der Waals surface area contributed by atoms with Crippen molar-refractivity contribution in [2.45, 2.75) is 49.7 Å². The minimum absolute atomic E-state index is 0.0822. The van der Waals surface area contributed by atoms with E-state index < -0.39 is 5.97 Å². The Hall–Kier alpha value is -2.80. The van der Waals surface area contributed by atoms with Gasteiger partial charge in [-0.05, 0) is 48.7 Å². The summed E-state index contributed by atoms with van der Waals surface area (Å²) in [6, 6.07) is 15.0. The number of carboxylic acid groups (broad SMARTS) is 1. The van der Waals surface area contributed by atoms with E-state index in [1.54, 1.807) is 18.2 Å². The fourth-order valence-electron chi connectivity index (χ4n) is 2.54. The zero-order valence-electron chi connectivity index (χ0n) is 16.8. The minimum atomic E-state index is -1.01. The average molecular weight is 415 g/mol. The molecule has 0 spiro atoms. The summed E-state index contributed by atoms with van der Waals surface area (Å²) >= 11 is 1.38. The molecule has 0 radical (unpaired) electrons. The van der Waals surface area contributed by atoms with Crippen molar-refractivity contribution in [1.29, 1.82) is 0 Å². The number of anilines is 2. The molecule has 1 unspecified atom stereocenters. The summed E-state index contributed by atoms with van der Waals surface area (Å²) in [7, 11) is 0. The van der Waals surface area contributed by atoms with E-state index >= 15 is 0 Å². The number of rotatable bonds is 9. The molecule has 154 valence electrons. The third kappa shape index (κ3) is 7.62. The van der Waals surface area contributed by atoms with Crippen LogP contribution in [0.5, 0.6) is 0 Å². The van der Waals surface area contributed by atoms with Gasteiger partial charge in [0.2, 0.25) is 11.8 Å². The van der Waals surface area contributed by atoms with E-state index in [1.165, 1.54) is 17.3 Å². The van der Waals surface area contributed by atoms with Crippen LogP contribution in [0.15, 0.2) is 53.4 Å². The summed E-state index contributed by atoms with van der Waals surface area (Å²) in [6.45, 7) is 6.06. The average Bonchev–Trinajstić information content (AvgIpc) is 2.67. The zero-order valence-corrected chi connectivity index (χ0v) is 17.6. The molecule has 0 aromatic heterocycles. The van der Waals surface area contributed by atoms with Crippen LogP contribution in [0.2, 0.25) is 0 Å². The molecule has 0 saturated carbocycles. The Morgan fingerprint density at radius 3 is 2.24 bits per heavy atom. The molecule has 2 rings (SSSR count). The summed E-state index contributed by atoms with van der Waals surface area (Å²) < 4.78 is 0. The summed E-state index contributed by atoms with van der Waals surface area (Å²) in [4.78, 5) is 35.7. The molecule has 0 saturated heterocycles. The standard InChI is InChI=1S/C22H26N2O4S/c1-14(2)16-7-9-17(10-8-16)24-22(28)15(3)29-19-6-4-5-18(13-19)23-20(25)11-12-21(26)27/h4-10,13-15H,11-12H2,1-3H3,(H,23,25)(H,24,28)(H,26,27). The Bertz CT molecular complexity index is 865. The highest BCUT2D eigenvalue weighted by molar-refractivity contribution is 8.00. The van der Waals surface area contributed by atoms with E-state index in [0.717, 1.165) is 10.6 Å². The lowest BCUT2D eigenvalue weighted by Gasteiger charge is -2.14. The van der Waals surface area contributed by atoms with Crippen LogP contribution in [-0.4, -0.2) is 28.1 Å². The number of hydrogen-bond donors (Lipinski definition) is 3. The number of nitrogens with one attached hydrogen (secondary N) is 2. The highest BCUT2D eigenvalue weighted by Crippen LogP contribution is 2.27. The lowest BCUT2D eigenvalue weighted by atomic mass is 10.0. The first-order valence-electron chi connectivity index (χ1n) is 9.44. The van der Waals surface area contributed by atoms with Gasteiger partial charge in [-0.15, -0.1) is 11.8 Å². The monoisotopic (exact) mass is 414 g/mol. The Kier molecular flexibility index (Phi) is 8.27. The van der Waals surface area contributed by atoms with Gasteiger partial charge in [-0.2, -0.15) is 0 Å². The van der Waals surface area contributed by atoms with Gasteiger partial charge < -0.3 is 15.7 Å². The van der Waals surface area contributed by atoms with Gasteiger partial charge >= 0.3 is 5.97 Å². The van der Waals surface area contributed by atoms with Gasteiger partial charge in [0, 0.05) is 22.7 Å². The Balaban J connectivity index is 1.92. The molecule has 6 nitrogen and oxygen atoms in total. The molecular formula is C22H26N2O4S. The second-order valence-electron chi connectivity index (χ2n) is 7.00. The van der Waals surface area contributed by atoms with E-state index in [9.17, 15) is 14.4 Å². The van der Waals surface area contributed by atoms with Gasteiger partial charge in [0.05, 0.1) is 11.7 Å². The first-order chi connectivity index (χ1) is 13.7. The van der Waals surface area contributed by atoms with Gasteiger partial charge in [0.1, 0.15) is 0 Å². The second-order valence-corrected chi connectivity index (χ2v) is 8.41. The van der Waals surface area contributed by atoms with E-state index in [1.807, 2.05) is 37.3 Å². The predicted octanol–water partition coefficient (Wildman–Crippen LogP) is 4.73. The number of carboxylic acids is 1. The van der Waals surface area contributed by atoms with Crippen molar-refractivity contribution in [1.82, 2.24) is 0 Å². The molecule has 0 aliphatic heterocycles. The van der Waals surface area contributed by atoms with Crippen molar-refractivity contribution in [2.75, 3.05) is 10.6 Å². The topological polar surface area (TPSA) is 95.5 Å². The van der Waals surface area contributed by atoms with Crippen LogP contribution in [0.3, 0.4) is 0 Å². The fourth-order valence-corrected chi connectivity index (χ4v) is 3.47. The third-order valence-electron chi connectivity index (χ3n) is 4.21. The first-order valence-corrected chi connectivity index (χ1v) is 10.3. The molecule has 0 bridgehead atoms. The lowest BCUT2D eigenvalue weighted by Crippen LogP contribution is -2.22. The third-order valence-corrected chi connectivity index (χ3v) is 5.30. The minimum Gasteiger partial charge on any atom is -0.481 e. The van der Waals surface area contributed by atoms with Crippen LogP contribution in [0.25, 0.3) is 0 Å². The van der Waals surface area contributed by atoms with Crippen molar-refractivity contribution in [3.05, 3.63) is 54.1 Å². The summed E-state index contributed by atoms with van der Waals surface area (Å²) in [5.41, 5.74) is 2.54. The van der Waals surface area contributed by atoms with Crippen LogP contribution in [-0.2, 0) is 14.4 Å². The van der Waals surface area contributed by atoms with E-state index in [0.29, 0.717) is 11.6 Å². The first kappa shape index (κ1) is 22.5. The molecule has 2 aromatic rings. The second kappa shape index (κ2) is 10.7. The molecule has 0 heterocycles. The summed E-state index contributed by atoms with van der Waals surface area (Å²) in [5, 5.41) is 13.9. The maximum Gasteiger partial charge on any atom is 0.303 e. The maximum atomic E-state index is 12.5. The number of amides is 2. The normalized spacial score (nSPS) is 11.7. The van der Waals surface area contributed by atoms with Crippen LogP contribution in [0.1, 0.15) is 45.1 Å². The fraction of sp³-hybridized carbons (Fsp3) is 0.318. The van der Waals surface area contributed by atoms with Crippen LogP contribution in [0, 0.1) is 0 Å². The van der Waals surface area contributed by atoms with Crippen molar-refractivity contribution in [3.8, 4) is 0 Å². The number of aliphatic carboxylic acids is 1. The van der Waals surface area contributed by atoms with Gasteiger partial charge in [-0.1, -0.05) is 32.0 Å². The van der Waals surface area contributed by atoms with Crippen LogP contribution in [0.4, 0.5) is 11.4 Å². The van der Waals surface area contributed by atoms with E-state index in [-0.39, 0.29) is 29.9 Å². The summed E-state index contributed by atoms with van der Waals surface area (Å²) in [6.07, 6.45) is -0.295. The number of benzene rings is 2. The largest absolute Gasteiger partial charge is 0.481 e. The van der Waals surface area contributed by atoms with Gasteiger partial charge in [0.25, 0.3) is 0 Å². The number of hydrogen-bond acceptors (Lipinski definition) is 4. The SMILES string of the molecule is CC(Sc1cccc(NC(=O)CCC(=O)O)c1)C(=O)Nc1ccc(C(C)C)cc1.